The van der Waals surface area contributed by atoms with Gasteiger partial charge in [0.25, 0.3) is 5.91 Å². The third kappa shape index (κ3) is 4.42. The average molecular weight is 374 g/mol. The molecule has 1 saturated heterocycles. The highest BCUT2D eigenvalue weighted by Crippen LogP contribution is 2.16. The number of Topliss-reactive ketones (excluding diaryl/α,β-unsaturated/α-hetero) is 1. The summed E-state index contributed by atoms with van der Waals surface area (Å²) in [5.41, 5.74) is 1.23. The number of amides is 1. The second kappa shape index (κ2) is 7.20. The van der Waals surface area contributed by atoms with Crippen molar-refractivity contribution in [2.75, 3.05) is 22.1 Å². The normalized spacial score (nSPS) is 18.3. The molecule has 0 spiro atoms. The van der Waals surface area contributed by atoms with Crippen molar-refractivity contribution in [1.82, 2.24) is 10.2 Å². The monoisotopic (exact) mass is 374 g/mol. The van der Waals surface area contributed by atoms with Crippen LogP contribution in [-0.2, 0) is 9.84 Å². The van der Waals surface area contributed by atoms with Gasteiger partial charge in [-0.05, 0) is 49.7 Å². The standard InChI is InChI=1S/C17H18N4O4S/c1-11(22)12-2-4-13(5-3-12)19-17(23)15-6-7-16(21-20-15)18-14-8-9-26(24,25)10-14/h2-7,14H,8-10H2,1H3,(H,18,21)(H,19,23). The van der Waals surface area contributed by atoms with Gasteiger partial charge in [0.05, 0.1) is 11.5 Å². The number of nitrogens with zero attached hydrogens (tertiary/aromatic N) is 2. The van der Waals surface area contributed by atoms with E-state index >= 15 is 0 Å². The van der Waals surface area contributed by atoms with Crippen LogP contribution in [0.15, 0.2) is 36.4 Å². The molecule has 1 aromatic carbocycles. The summed E-state index contributed by atoms with van der Waals surface area (Å²) in [4.78, 5) is 23.4. The molecule has 136 valence electrons. The predicted molar refractivity (Wildman–Crippen MR) is 97.1 cm³/mol. The quantitative estimate of drug-likeness (QED) is 0.762. The van der Waals surface area contributed by atoms with E-state index in [-0.39, 0.29) is 29.0 Å². The summed E-state index contributed by atoms with van der Waals surface area (Å²) in [5, 5.41) is 13.5. The fourth-order valence-electron chi connectivity index (χ4n) is 2.63. The SMILES string of the molecule is CC(=O)c1ccc(NC(=O)c2ccc(NC3CCS(=O)(=O)C3)nn2)cc1. The molecule has 0 bridgehead atoms. The maximum Gasteiger partial charge on any atom is 0.276 e. The summed E-state index contributed by atoms with van der Waals surface area (Å²) in [7, 11) is -2.98. The second-order valence-corrected chi connectivity index (χ2v) is 8.36. The van der Waals surface area contributed by atoms with Gasteiger partial charge in [0.15, 0.2) is 21.3 Å². The van der Waals surface area contributed by atoms with E-state index in [1.807, 2.05) is 0 Å². The molecule has 26 heavy (non-hydrogen) atoms. The Hall–Kier alpha value is -2.81. The number of aromatic nitrogens is 2. The molecule has 0 saturated carbocycles. The molecule has 2 N–H and O–H groups in total. The molecule has 3 rings (SSSR count). The Morgan fingerprint density at radius 2 is 1.81 bits per heavy atom. The van der Waals surface area contributed by atoms with E-state index < -0.39 is 15.7 Å². The maximum absolute atomic E-state index is 12.2. The van der Waals surface area contributed by atoms with Gasteiger partial charge in [-0.3, -0.25) is 9.59 Å². The summed E-state index contributed by atoms with van der Waals surface area (Å²) >= 11 is 0. The maximum atomic E-state index is 12.2. The Kier molecular flexibility index (Phi) is 4.99. The minimum Gasteiger partial charge on any atom is -0.365 e. The lowest BCUT2D eigenvalue weighted by atomic mass is 10.1. The van der Waals surface area contributed by atoms with Crippen molar-refractivity contribution >= 4 is 33.0 Å². The van der Waals surface area contributed by atoms with E-state index in [1.165, 1.54) is 13.0 Å². The van der Waals surface area contributed by atoms with E-state index in [4.69, 9.17) is 0 Å². The Morgan fingerprint density at radius 3 is 2.35 bits per heavy atom. The van der Waals surface area contributed by atoms with Crippen molar-refractivity contribution in [3.63, 3.8) is 0 Å². The van der Waals surface area contributed by atoms with E-state index in [2.05, 4.69) is 20.8 Å². The zero-order valence-corrected chi connectivity index (χ0v) is 14.9. The largest absolute Gasteiger partial charge is 0.365 e. The Labute approximate surface area is 150 Å². The first-order chi connectivity index (χ1) is 12.3. The van der Waals surface area contributed by atoms with Gasteiger partial charge in [0.1, 0.15) is 5.82 Å². The van der Waals surface area contributed by atoms with Crippen molar-refractivity contribution in [2.45, 2.75) is 19.4 Å². The van der Waals surface area contributed by atoms with Crippen LogP contribution in [0.2, 0.25) is 0 Å². The van der Waals surface area contributed by atoms with Crippen molar-refractivity contribution in [3.8, 4) is 0 Å². The molecule has 1 aromatic heterocycles. The van der Waals surface area contributed by atoms with Crippen LogP contribution in [0.4, 0.5) is 11.5 Å². The number of hydrogen-bond donors (Lipinski definition) is 2. The zero-order chi connectivity index (χ0) is 18.7. The number of anilines is 2. The first-order valence-corrected chi connectivity index (χ1v) is 9.87. The third-order valence-corrected chi connectivity index (χ3v) is 5.80. The van der Waals surface area contributed by atoms with Crippen molar-refractivity contribution in [1.29, 1.82) is 0 Å². The van der Waals surface area contributed by atoms with Crippen molar-refractivity contribution in [3.05, 3.63) is 47.7 Å². The van der Waals surface area contributed by atoms with Crippen LogP contribution < -0.4 is 10.6 Å². The van der Waals surface area contributed by atoms with Gasteiger partial charge in [-0.15, -0.1) is 10.2 Å². The van der Waals surface area contributed by atoms with Crippen molar-refractivity contribution in [2.24, 2.45) is 0 Å². The number of ketones is 1. The van der Waals surface area contributed by atoms with Crippen LogP contribution in [-0.4, -0.2) is 47.9 Å². The smallest absolute Gasteiger partial charge is 0.276 e. The van der Waals surface area contributed by atoms with E-state index in [9.17, 15) is 18.0 Å². The summed E-state index contributed by atoms with van der Waals surface area (Å²) in [6.07, 6.45) is 0.530. The molecule has 1 amide bonds. The number of hydrogen-bond acceptors (Lipinski definition) is 7. The Morgan fingerprint density at radius 1 is 1.08 bits per heavy atom. The fraction of sp³-hybridized carbons (Fsp3) is 0.294. The van der Waals surface area contributed by atoms with Gasteiger partial charge in [-0.1, -0.05) is 0 Å². The minimum absolute atomic E-state index is 0.0492. The van der Waals surface area contributed by atoms with Gasteiger partial charge >= 0.3 is 0 Å². The van der Waals surface area contributed by atoms with E-state index in [1.54, 1.807) is 30.3 Å². The Balaban J connectivity index is 1.61. The molecule has 2 heterocycles. The lowest BCUT2D eigenvalue weighted by Gasteiger charge is -2.11. The number of rotatable bonds is 5. The molecular formula is C17H18N4O4S. The molecule has 8 nitrogen and oxygen atoms in total. The highest BCUT2D eigenvalue weighted by molar-refractivity contribution is 7.91. The molecular weight excluding hydrogens is 356 g/mol. The molecule has 1 aliphatic rings. The molecule has 0 aliphatic carbocycles. The summed E-state index contributed by atoms with van der Waals surface area (Å²) in [5.74, 6) is 0.193. The molecule has 1 aliphatic heterocycles. The van der Waals surface area contributed by atoms with Crippen LogP contribution in [0.1, 0.15) is 34.2 Å². The summed E-state index contributed by atoms with van der Waals surface area (Å²) in [6.45, 7) is 1.47. The van der Waals surface area contributed by atoms with Gasteiger partial charge in [0.2, 0.25) is 0 Å². The number of carbonyl (C=O) groups is 2. The lowest BCUT2D eigenvalue weighted by molar-refractivity contribution is 0.101. The predicted octanol–water partition coefficient (Wildman–Crippen LogP) is 1.53. The number of benzene rings is 1. The summed E-state index contributed by atoms with van der Waals surface area (Å²) < 4.78 is 22.9. The van der Waals surface area contributed by atoms with Crippen molar-refractivity contribution < 1.29 is 18.0 Å². The Bertz CT molecular complexity index is 924. The molecule has 2 aromatic rings. The van der Waals surface area contributed by atoms with Gasteiger partial charge in [-0.25, -0.2) is 8.42 Å². The van der Waals surface area contributed by atoms with Crippen LogP contribution in [0.25, 0.3) is 0 Å². The molecule has 1 unspecified atom stereocenters. The first kappa shape index (κ1) is 18.0. The van der Waals surface area contributed by atoms with Crippen LogP contribution in [0, 0.1) is 0 Å². The second-order valence-electron chi connectivity index (χ2n) is 6.14. The number of nitrogens with one attached hydrogen (secondary N) is 2. The summed E-state index contributed by atoms with van der Waals surface area (Å²) in [6, 6.07) is 9.45. The molecule has 0 radical (unpaired) electrons. The fourth-order valence-corrected chi connectivity index (χ4v) is 4.31. The highest BCUT2D eigenvalue weighted by Gasteiger charge is 2.28. The average Bonchev–Trinajstić information content (AvgIpc) is 2.94. The molecule has 1 fully saturated rings. The van der Waals surface area contributed by atoms with E-state index in [0.717, 1.165) is 0 Å². The molecule has 9 heteroatoms. The minimum atomic E-state index is -2.98. The van der Waals surface area contributed by atoms with Crippen LogP contribution in [0.3, 0.4) is 0 Å². The third-order valence-electron chi connectivity index (χ3n) is 4.03. The van der Waals surface area contributed by atoms with Crippen LogP contribution >= 0.6 is 0 Å². The van der Waals surface area contributed by atoms with Gasteiger partial charge < -0.3 is 10.6 Å². The van der Waals surface area contributed by atoms with Crippen LogP contribution in [0.5, 0.6) is 0 Å². The topological polar surface area (TPSA) is 118 Å². The highest BCUT2D eigenvalue weighted by atomic mass is 32.2. The van der Waals surface area contributed by atoms with E-state index in [0.29, 0.717) is 23.5 Å². The molecule has 1 atom stereocenters. The van der Waals surface area contributed by atoms with Gasteiger partial charge in [0, 0.05) is 17.3 Å². The zero-order valence-electron chi connectivity index (χ0n) is 14.1. The number of carbonyl (C=O) groups excluding carboxylic acids is 2. The number of sulfone groups is 1. The lowest BCUT2D eigenvalue weighted by Crippen LogP contribution is -2.22. The first-order valence-electron chi connectivity index (χ1n) is 8.05. The van der Waals surface area contributed by atoms with Gasteiger partial charge in [-0.2, -0.15) is 0 Å².